The first-order valence-corrected chi connectivity index (χ1v) is 11.3. The van der Waals surface area contributed by atoms with Gasteiger partial charge in [0.05, 0.1) is 13.2 Å². The molecule has 0 radical (unpaired) electrons. The van der Waals surface area contributed by atoms with Gasteiger partial charge in [-0.3, -0.25) is 4.79 Å². The average molecular weight is 439 g/mol. The van der Waals surface area contributed by atoms with Crippen LogP contribution in [-0.4, -0.2) is 47.5 Å². The van der Waals surface area contributed by atoms with E-state index in [1.54, 1.807) is 0 Å². The molecule has 6 heteroatoms. The summed E-state index contributed by atoms with van der Waals surface area (Å²) in [6.45, 7) is 2.62. The lowest BCUT2D eigenvalue weighted by molar-refractivity contribution is -0.187. The summed E-state index contributed by atoms with van der Waals surface area (Å²) in [4.78, 5) is 15.3. The maximum atomic E-state index is 13.4. The number of fused-ring (bicyclic) bond motifs is 1. The van der Waals surface area contributed by atoms with E-state index in [-0.39, 0.29) is 11.8 Å². The molecule has 2 aromatic carbocycles. The van der Waals surface area contributed by atoms with Crippen LogP contribution in [0.25, 0.3) is 10.9 Å². The highest BCUT2D eigenvalue weighted by Gasteiger charge is 2.41. The lowest BCUT2D eigenvalue weighted by atomic mass is 9.87. The van der Waals surface area contributed by atoms with Crippen LogP contribution in [0.2, 0.25) is 5.02 Å². The summed E-state index contributed by atoms with van der Waals surface area (Å²) in [6.07, 6.45) is 4.02. The summed E-state index contributed by atoms with van der Waals surface area (Å²) in [5, 5.41) is 1.86. The van der Waals surface area contributed by atoms with Crippen molar-refractivity contribution in [1.82, 2.24) is 9.47 Å². The number of hydrogen-bond acceptors (Lipinski definition) is 3. The first-order chi connectivity index (χ1) is 15.0. The predicted molar refractivity (Wildman–Crippen MR) is 121 cm³/mol. The number of likely N-dealkylation sites (tertiary alicyclic amines) is 1. The standard InChI is InChI=1S/C25H27ClN2O3/c1-27-17-22(20-7-2-3-8-23(20)27)21(18-5-4-6-19(26)15-18)16-24(29)28-11-9-25(10-12-28)30-13-14-31-25/h2-8,15,17,21H,9-14,16H2,1H3. The topological polar surface area (TPSA) is 43.7 Å². The molecule has 0 saturated carbocycles. The minimum Gasteiger partial charge on any atom is -0.350 e. The van der Waals surface area contributed by atoms with Crippen LogP contribution in [0.3, 0.4) is 0 Å². The third kappa shape index (κ3) is 3.98. The first-order valence-electron chi connectivity index (χ1n) is 10.9. The highest BCUT2D eigenvalue weighted by atomic mass is 35.5. The van der Waals surface area contributed by atoms with Crippen LogP contribution >= 0.6 is 11.6 Å². The van der Waals surface area contributed by atoms with Crippen LogP contribution < -0.4 is 0 Å². The molecule has 0 aliphatic carbocycles. The van der Waals surface area contributed by atoms with E-state index in [4.69, 9.17) is 21.1 Å². The minimum atomic E-state index is -0.473. The van der Waals surface area contributed by atoms with E-state index in [1.165, 1.54) is 5.39 Å². The maximum absolute atomic E-state index is 13.4. The van der Waals surface area contributed by atoms with Gasteiger partial charge in [-0.1, -0.05) is 41.9 Å². The number of carbonyl (C=O) groups is 1. The Hall–Kier alpha value is -2.34. The first kappa shape index (κ1) is 20.6. The molecule has 2 saturated heterocycles. The van der Waals surface area contributed by atoms with Crippen molar-refractivity contribution in [3.8, 4) is 0 Å². The monoisotopic (exact) mass is 438 g/mol. The van der Waals surface area contributed by atoms with Crippen LogP contribution in [0.15, 0.2) is 54.7 Å². The van der Waals surface area contributed by atoms with Crippen LogP contribution in [0.4, 0.5) is 0 Å². The summed E-state index contributed by atoms with van der Waals surface area (Å²) >= 11 is 6.33. The second-order valence-corrected chi connectivity index (χ2v) is 8.95. The highest BCUT2D eigenvalue weighted by Crippen LogP contribution is 2.37. The lowest BCUT2D eigenvalue weighted by Crippen LogP contribution is -2.47. The minimum absolute atomic E-state index is 0.0628. The predicted octanol–water partition coefficient (Wildman–Crippen LogP) is 4.72. The second kappa shape index (κ2) is 8.30. The number of amides is 1. The summed E-state index contributed by atoms with van der Waals surface area (Å²) in [7, 11) is 2.05. The van der Waals surface area contributed by atoms with Crippen molar-refractivity contribution in [2.24, 2.45) is 7.05 Å². The molecular weight excluding hydrogens is 412 g/mol. The Labute approximate surface area is 187 Å². The summed E-state index contributed by atoms with van der Waals surface area (Å²) in [5.74, 6) is -0.378. The van der Waals surface area contributed by atoms with Crippen LogP contribution in [0, 0.1) is 0 Å². The molecule has 1 amide bonds. The number of piperidine rings is 1. The number of ether oxygens (including phenoxy) is 2. The summed E-state index contributed by atoms with van der Waals surface area (Å²) in [6, 6.07) is 16.2. The van der Waals surface area contributed by atoms with Crippen LogP contribution in [0.1, 0.15) is 36.3 Å². The lowest BCUT2D eigenvalue weighted by Gasteiger charge is -2.38. The molecule has 162 valence electrons. The molecule has 1 aromatic heterocycles. The maximum Gasteiger partial charge on any atom is 0.223 e. The number of para-hydroxylation sites is 1. The number of nitrogens with zero attached hydrogens (tertiary/aromatic N) is 2. The zero-order valence-corrected chi connectivity index (χ0v) is 18.5. The molecule has 3 heterocycles. The van der Waals surface area contributed by atoms with E-state index in [2.05, 4.69) is 29.0 Å². The van der Waals surface area contributed by atoms with Crippen molar-refractivity contribution in [1.29, 1.82) is 0 Å². The number of halogens is 1. The van der Waals surface area contributed by atoms with Crippen molar-refractivity contribution in [3.63, 3.8) is 0 Å². The molecule has 1 spiro atoms. The van der Waals surface area contributed by atoms with Gasteiger partial charge in [-0.2, -0.15) is 0 Å². The molecule has 5 rings (SSSR count). The molecule has 31 heavy (non-hydrogen) atoms. The molecular formula is C25H27ClN2O3. The third-order valence-corrected chi connectivity index (χ3v) is 6.86. The third-order valence-electron chi connectivity index (χ3n) is 6.62. The van der Waals surface area contributed by atoms with Gasteiger partial charge in [0.15, 0.2) is 5.79 Å². The van der Waals surface area contributed by atoms with Crippen LogP contribution in [-0.2, 0) is 21.3 Å². The molecule has 1 atom stereocenters. The smallest absolute Gasteiger partial charge is 0.223 e. The van der Waals surface area contributed by atoms with E-state index < -0.39 is 5.79 Å². The molecule has 5 nitrogen and oxygen atoms in total. The molecule has 0 bridgehead atoms. The molecule has 3 aromatic rings. The van der Waals surface area contributed by atoms with Gasteiger partial charge in [-0.25, -0.2) is 0 Å². The summed E-state index contributed by atoms with van der Waals surface area (Å²) < 4.78 is 13.8. The number of carbonyl (C=O) groups excluding carboxylic acids is 1. The number of aryl methyl sites for hydroxylation is 1. The summed E-state index contributed by atoms with van der Waals surface area (Å²) in [5.41, 5.74) is 3.38. The highest BCUT2D eigenvalue weighted by molar-refractivity contribution is 6.30. The average Bonchev–Trinajstić information content (AvgIpc) is 3.37. The van der Waals surface area contributed by atoms with Gasteiger partial charge >= 0.3 is 0 Å². The molecule has 1 unspecified atom stereocenters. The molecule has 2 aliphatic rings. The fraction of sp³-hybridized carbons (Fsp3) is 0.400. The number of hydrogen-bond donors (Lipinski definition) is 0. The van der Waals surface area contributed by atoms with E-state index >= 15 is 0 Å². The van der Waals surface area contributed by atoms with Gasteiger partial charge in [0.2, 0.25) is 5.91 Å². The SMILES string of the molecule is Cn1cc(C(CC(=O)N2CCC3(CC2)OCCO3)c2cccc(Cl)c2)c2ccccc21. The van der Waals surface area contributed by atoms with E-state index in [9.17, 15) is 4.79 Å². The fourth-order valence-electron chi connectivity index (χ4n) is 4.97. The Balaban J connectivity index is 1.43. The van der Waals surface area contributed by atoms with Crippen molar-refractivity contribution < 1.29 is 14.3 Å². The van der Waals surface area contributed by atoms with Crippen molar-refractivity contribution >= 4 is 28.4 Å². The number of aromatic nitrogens is 1. The zero-order valence-electron chi connectivity index (χ0n) is 17.7. The normalized spacial score (nSPS) is 19.2. The quantitative estimate of drug-likeness (QED) is 0.592. The molecule has 2 fully saturated rings. The molecule has 2 aliphatic heterocycles. The Morgan fingerprint density at radius 3 is 2.58 bits per heavy atom. The Morgan fingerprint density at radius 2 is 1.84 bits per heavy atom. The van der Waals surface area contributed by atoms with Gasteiger partial charge in [0.1, 0.15) is 0 Å². The largest absolute Gasteiger partial charge is 0.350 e. The second-order valence-electron chi connectivity index (χ2n) is 8.51. The van der Waals surface area contributed by atoms with Crippen molar-refractivity contribution in [3.05, 3.63) is 70.9 Å². The number of benzene rings is 2. The van der Waals surface area contributed by atoms with Gasteiger partial charge in [-0.05, 0) is 29.3 Å². The van der Waals surface area contributed by atoms with E-state index in [0.717, 1.165) is 29.5 Å². The fourth-order valence-corrected chi connectivity index (χ4v) is 5.17. The van der Waals surface area contributed by atoms with Crippen LogP contribution in [0.5, 0.6) is 0 Å². The van der Waals surface area contributed by atoms with Crippen molar-refractivity contribution in [2.75, 3.05) is 26.3 Å². The van der Waals surface area contributed by atoms with Gasteiger partial charge in [-0.15, -0.1) is 0 Å². The zero-order chi connectivity index (χ0) is 21.4. The van der Waals surface area contributed by atoms with Gasteiger partial charge in [0, 0.05) is 67.4 Å². The Kier molecular flexibility index (Phi) is 5.51. The van der Waals surface area contributed by atoms with Gasteiger partial charge < -0.3 is 18.9 Å². The molecule has 0 N–H and O–H groups in total. The number of rotatable bonds is 4. The van der Waals surface area contributed by atoms with Gasteiger partial charge in [0.25, 0.3) is 0 Å². The van der Waals surface area contributed by atoms with E-state index in [1.807, 2.05) is 42.3 Å². The van der Waals surface area contributed by atoms with E-state index in [0.29, 0.717) is 37.7 Å². The van der Waals surface area contributed by atoms with Crippen molar-refractivity contribution in [2.45, 2.75) is 31.0 Å². The Bertz CT molecular complexity index is 1090. The Morgan fingerprint density at radius 1 is 1.10 bits per heavy atom.